The third-order valence-corrected chi connectivity index (χ3v) is 25.1. The molecule has 15 heterocycles. The Morgan fingerprint density at radius 3 is 1.21 bits per heavy atom. The number of aromatic nitrogens is 5. The number of halogens is 11. The maximum Gasteiger partial charge on any atom is 0.419 e. The number of fused-ring (bicyclic) bond motifs is 8. The Morgan fingerprint density at radius 1 is 0.321 bits per heavy atom. The summed E-state index contributed by atoms with van der Waals surface area (Å²) in [5, 5.41) is 12.2. The second kappa shape index (κ2) is 40.0. The van der Waals surface area contributed by atoms with Crippen molar-refractivity contribution in [1.29, 1.82) is 0 Å². The van der Waals surface area contributed by atoms with Crippen LogP contribution in [0.25, 0.3) is 133 Å². The fourth-order valence-corrected chi connectivity index (χ4v) is 17.8. The average Bonchev–Trinajstić information content (AvgIpc) is 1.34. The van der Waals surface area contributed by atoms with E-state index in [-0.39, 0.29) is 89.5 Å². The van der Waals surface area contributed by atoms with Gasteiger partial charge in [-0.15, -0.1) is 0 Å². The van der Waals surface area contributed by atoms with Crippen molar-refractivity contribution in [2.75, 3.05) is 169 Å². The fourth-order valence-electron chi connectivity index (χ4n) is 17.8. The first-order chi connectivity index (χ1) is 67.6. The van der Waals surface area contributed by atoms with E-state index >= 15 is 0 Å². The van der Waals surface area contributed by atoms with Crippen LogP contribution in [0.2, 0.25) is 0 Å². The molecule has 0 radical (unpaired) electrons. The van der Waals surface area contributed by atoms with E-state index in [1.807, 2.05) is 58.3 Å². The van der Waals surface area contributed by atoms with Gasteiger partial charge in [0.05, 0.1) is 50.0 Å². The van der Waals surface area contributed by atoms with Crippen molar-refractivity contribution < 1.29 is 74.8 Å². The molecule has 0 amide bonds. The van der Waals surface area contributed by atoms with Crippen molar-refractivity contribution in [1.82, 2.24) is 49.5 Å². The first-order valence-electron chi connectivity index (χ1n) is 45.3. The van der Waals surface area contributed by atoms with Crippen molar-refractivity contribution in [2.45, 2.75) is 19.0 Å². The van der Waals surface area contributed by atoms with Crippen LogP contribution < -0.4 is 68.6 Å². The second-order valence-electron chi connectivity index (χ2n) is 34.5. The number of benzene rings is 8. The van der Waals surface area contributed by atoms with Gasteiger partial charge in [0.2, 0.25) is 5.89 Å². The van der Waals surface area contributed by atoms with E-state index in [2.05, 4.69) is 75.6 Å². The zero-order chi connectivity index (χ0) is 97.3. The molecule has 18 aromatic rings. The van der Waals surface area contributed by atoms with Gasteiger partial charge in [0.15, 0.2) is 11.4 Å². The van der Waals surface area contributed by atoms with Crippen LogP contribution in [0.4, 0.5) is 76.7 Å². The summed E-state index contributed by atoms with van der Waals surface area (Å²) in [4.78, 5) is 90.5. The molecular formula is C103H88F11N15O11. The van der Waals surface area contributed by atoms with Gasteiger partial charge in [-0.1, -0.05) is 6.07 Å². The Hall–Kier alpha value is -15.3. The molecule has 3 N–H and O–H groups in total. The molecule has 0 spiro atoms. The molecule has 0 unspecified atom stereocenters. The third kappa shape index (κ3) is 20.6. The number of nitrogens with one attached hydrogen (secondary N) is 3. The lowest BCUT2D eigenvalue weighted by Crippen LogP contribution is -2.43. The lowest BCUT2D eigenvalue weighted by atomic mass is 10.0. The highest BCUT2D eigenvalue weighted by atomic mass is 19.4. The van der Waals surface area contributed by atoms with Crippen LogP contribution in [0.1, 0.15) is 18.4 Å². The zero-order valence-electron chi connectivity index (χ0n) is 75.3. The summed E-state index contributed by atoms with van der Waals surface area (Å²) in [7, 11) is 4.24. The number of piperazine rings is 3. The minimum atomic E-state index is -4.54. The predicted octanol–water partition coefficient (Wildman–Crippen LogP) is 17.4. The number of nitrogens with zero attached hydrogens (tertiary/aromatic N) is 12. The number of hydrogen-bond acceptors (Lipinski definition) is 24. The lowest BCUT2D eigenvalue weighted by Gasteiger charge is -2.29. The predicted molar refractivity (Wildman–Crippen MR) is 513 cm³/mol. The molecule has 0 aliphatic carbocycles. The van der Waals surface area contributed by atoms with E-state index in [1.165, 1.54) is 77.6 Å². The van der Waals surface area contributed by atoms with Gasteiger partial charge in [0.1, 0.15) is 91.0 Å². The number of hydrogen-bond donors (Lipinski definition) is 3. The molecule has 718 valence electrons. The van der Waals surface area contributed by atoms with E-state index in [0.29, 0.717) is 61.9 Å². The van der Waals surface area contributed by atoms with Gasteiger partial charge in [0.25, 0.3) is 0 Å². The number of anilines is 5. The molecule has 26 nitrogen and oxygen atoms in total. The Balaban J connectivity index is 0.000000112. The molecule has 5 aliphatic heterocycles. The van der Waals surface area contributed by atoms with Crippen molar-refractivity contribution >= 4 is 106 Å². The van der Waals surface area contributed by atoms with Crippen LogP contribution in [-0.4, -0.2) is 179 Å². The topological polar surface area (TPSA) is 270 Å². The highest BCUT2D eigenvalue weighted by Gasteiger charge is 2.35. The number of pyridine rings is 2. The maximum absolute atomic E-state index is 14.8. The Kier molecular flexibility index (Phi) is 26.8. The van der Waals surface area contributed by atoms with E-state index in [9.17, 15) is 72.3 Å². The molecular weight excluding hydrogens is 1830 g/mol. The number of para-hydroxylation sites is 1. The van der Waals surface area contributed by atoms with Gasteiger partial charge < -0.3 is 85.6 Å². The highest BCUT2D eigenvalue weighted by Crippen LogP contribution is 2.38. The van der Waals surface area contributed by atoms with E-state index < -0.39 is 80.6 Å². The molecule has 5 fully saturated rings. The van der Waals surface area contributed by atoms with E-state index in [0.717, 1.165) is 203 Å². The molecule has 8 aromatic carbocycles. The number of likely N-dealkylation sites (N-methyl/N-ethyl adjacent to an activating group) is 2. The minimum Gasteiger partial charge on any atom is -0.436 e. The van der Waals surface area contributed by atoms with Crippen LogP contribution in [0.3, 0.4) is 0 Å². The number of rotatable bonds is 10. The first-order valence-corrected chi connectivity index (χ1v) is 45.3. The summed E-state index contributed by atoms with van der Waals surface area (Å²) in [6, 6.07) is 46.2. The quantitative estimate of drug-likeness (QED) is 0.0848. The van der Waals surface area contributed by atoms with Gasteiger partial charge in [-0.3, -0.25) is 0 Å². The van der Waals surface area contributed by atoms with Gasteiger partial charge in [-0.2, -0.15) is 13.2 Å². The summed E-state index contributed by atoms with van der Waals surface area (Å²) in [6.45, 7) is 17.5. The fraction of sp³-hybridized carbons (Fsp3) is 0.243. The van der Waals surface area contributed by atoms with Crippen LogP contribution in [0.15, 0.2) is 263 Å². The standard InChI is InChI=1S/C23H21F3N4O2.C22H21FN4O2.C20H15F2N3O3.C19H15F3N2O2.C19H16F2N2O2/c1-28-7-3-9-29(11-10-28)16-6-5-15-12-17(22(31)32-20(15)13-16)19-14-30-8-2-4-18(21(30)27-19)23(24,25)26;1-25-7-2-8-26(10-9-25)17-5-3-15-11-18(22(28)29-20(15)12-17)19-14-27-13-16(23)4-6-21(27)24-19;21-14-2-1-3-16-18(14)24-19(27-16)13-10-12-15(22)8-11(9-17(12)28-20(13)26)25-6-4-23-5-7-25;20-12-5-11(6-13(21)7-12)15-10-16-17(22)8-14(9-18(16)26-19(15)25)24-3-1-23-2-4-24;20-14-7-13(8-15(21)10-14)17-9-12-1-2-16(11-18(12)25-19(17)24)23-5-3-22-4-6-23/h2,4-6,8,12-14H,3,7,9-11H2,1H3;3-6,11-14H,2,7-10H2,1H3;1-3,8-10,23H,4-7H2;5-10,23H,1-4H2;1-2,7-11,22H,3-6H2. The number of alkyl halides is 3. The largest absolute Gasteiger partial charge is 0.436 e. The molecule has 5 aliphatic rings. The number of imidazole rings is 2. The second-order valence-corrected chi connectivity index (χ2v) is 34.5. The smallest absolute Gasteiger partial charge is 0.419 e. The van der Waals surface area contributed by atoms with Crippen molar-refractivity contribution in [3.63, 3.8) is 0 Å². The minimum absolute atomic E-state index is 0.00346. The normalized spacial score (nSPS) is 15.3. The van der Waals surface area contributed by atoms with Crippen LogP contribution in [0.5, 0.6) is 0 Å². The molecule has 10 aromatic heterocycles. The summed E-state index contributed by atoms with van der Waals surface area (Å²) >= 11 is 0. The average molecular weight is 1920 g/mol. The summed E-state index contributed by atoms with van der Waals surface area (Å²) in [5.41, 5.74) is 3.72. The lowest BCUT2D eigenvalue weighted by molar-refractivity contribution is -0.136. The molecule has 37 heteroatoms. The highest BCUT2D eigenvalue weighted by molar-refractivity contribution is 5.90. The molecule has 23 rings (SSSR count). The van der Waals surface area contributed by atoms with Crippen molar-refractivity contribution in [3.8, 4) is 56.2 Å². The van der Waals surface area contributed by atoms with Gasteiger partial charge in [0, 0.05) is 230 Å². The Labute approximate surface area is 787 Å². The van der Waals surface area contributed by atoms with E-state index in [4.69, 9.17) is 26.5 Å². The van der Waals surface area contributed by atoms with Crippen molar-refractivity contribution in [2.24, 2.45) is 0 Å². The first kappa shape index (κ1) is 93.7. The van der Waals surface area contributed by atoms with Crippen LogP contribution in [-0.2, 0) is 6.18 Å². The van der Waals surface area contributed by atoms with Crippen molar-refractivity contribution in [3.05, 3.63) is 317 Å². The Morgan fingerprint density at radius 2 is 0.736 bits per heavy atom. The van der Waals surface area contributed by atoms with Gasteiger partial charge >= 0.3 is 34.3 Å². The summed E-state index contributed by atoms with van der Waals surface area (Å²) in [6.07, 6.45) is 3.45. The molecule has 5 saturated heterocycles. The SMILES string of the molecule is CN1CCCN(c2ccc3cc(-c4cn5cc(F)ccc5n4)c(=O)oc3c2)CC1.CN1CCCN(c2ccc3cc(-c4cn5cccc(C(F)(F)F)c5n4)c(=O)oc3c2)CC1.O=c1oc2cc(N3CCNCC3)cc(F)c2cc1-c1cc(F)cc(F)c1.O=c1oc2cc(N3CCNCC3)cc(F)c2cc1-c1nc2c(F)cccc2o1.O=c1oc2cc(N3CCNCC3)ccc2cc1-c1cc(F)cc(F)c1. The van der Waals surface area contributed by atoms with Crippen LogP contribution >= 0.6 is 0 Å². The summed E-state index contributed by atoms with van der Waals surface area (Å²) in [5.74, 6) is -5.23. The monoisotopic (exact) mass is 1920 g/mol. The number of oxazole rings is 1. The van der Waals surface area contributed by atoms with Gasteiger partial charge in [-0.05, 0) is 191 Å². The van der Waals surface area contributed by atoms with Gasteiger partial charge in [-0.25, -0.2) is 74.0 Å². The maximum atomic E-state index is 14.8. The molecule has 140 heavy (non-hydrogen) atoms. The molecule has 0 atom stereocenters. The zero-order valence-corrected chi connectivity index (χ0v) is 75.3. The summed E-state index contributed by atoms with van der Waals surface area (Å²) < 4.78 is 186. The Bertz CT molecular complexity index is 8040. The molecule has 0 saturated carbocycles. The van der Waals surface area contributed by atoms with E-state index in [1.54, 1.807) is 47.0 Å². The third-order valence-electron chi connectivity index (χ3n) is 25.1. The van der Waals surface area contributed by atoms with Crippen LogP contribution in [0, 0.1) is 46.5 Å². The molecule has 0 bridgehead atoms.